The van der Waals surface area contributed by atoms with Crippen molar-refractivity contribution in [3.05, 3.63) is 54.4 Å². The van der Waals surface area contributed by atoms with Crippen molar-refractivity contribution in [3.8, 4) is 5.75 Å². The highest BCUT2D eigenvalue weighted by molar-refractivity contribution is 8.02. The van der Waals surface area contributed by atoms with Crippen LogP contribution in [0.3, 0.4) is 0 Å². The summed E-state index contributed by atoms with van der Waals surface area (Å²) in [5.74, 6) is -1.01. The average molecular weight is 734 g/mol. The molecule has 2 atom stereocenters. The normalized spacial score (nSPS) is 19.0. The predicted molar refractivity (Wildman–Crippen MR) is 187 cm³/mol. The number of aromatic nitrogens is 1. The Morgan fingerprint density at radius 2 is 1.50 bits per heavy atom. The van der Waals surface area contributed by atoms with Gasteiger partial charge < -0.3 is 29.3 Å². The fraction of sp³-hybridized carbons (Fsp3) is 0.559. The minimum absolute atomic E-state index is 0.0250. The largest absolute Gasteiger partial charge is 0.458 e. The Kier molecular flexibility index (Phi) is 11.8. The molecule has 3 amide bonds. The first-order valence-electron chi connectivity index (χ1n) is 16.3. The molecule has 2 aromatic rings. The molecule has 0 radical (unpaired) electrons. The number of benzene rings is 1. The van der Waals surface area contributed by atoms with Gasteiger partial charge in [-0.2, -0.15) is 4.31 Å². The van der Waals surface area contributed by atoms with Crippen LogP contribution in [0, 0.1) is 0 Å². The van der Waals surface area contributed by atoms with Gasteiger partial charge in [-0.15, -0.1) is 11.8 Å². The second kappa shape index (κ2) is 15.2. The molecule has 2 aliphatic heterocycles. The van der Waals surface area contributed by atoms with E-state index in [4.69, 9.17) is 14.2 Å². The molecule has 1 N–H and O–H groups in total. The highest BCUT2D eigenvalue weighted by Gasteiger charge is 2.51. The van der Waals surface area contributed by atoms with E-state index in [1.54, 1.807) is 84.6 Å². The summed E-state index contributed by atoms with van der Waals surface area (Å²) in [4.78, 5) is 59.5. The van der Waals surface area contributed by atoms with E-state index in [1.165, 1.54) is 41.2 Å². The van der Waals surface area contributed by atoms with Gasteiger partial charge in [-0.1, -0.05) is 12.1 Å². The molecule has 2 saturated heterocycles. The van der Waals surface area contributed by atoms with Crippen LogP contribution in [-0.2, 0) is 35.5 Å². The molecule has 0 bridgehead atoms. The van der Waals surface area contributed by atoms with E-state index in [0.29, 0.717) is 18.7 Å². The molecule has 0 saturated carbocycles. The summed E-state index contributed by atoms with van der Waals surface area (Å²) in [6.07, 6.45) is 1.72. The molecule has 1 aromatic carbocycles. The van der Waals surface area contributed by atoms with Crippen LogP contribution in [0.5, 0.6) is 5.75 Å². The van der Waals surface area contributed by atoms with Gasteiger partial charge in [-0.05, 0) is 85.2 Å². The lowest BCUT2D eigenvalue weighted by Gasteiger charge is -2.35. The Balaban J connectivity index is 1.44. The number of sulfonamides is 1. The third-order valence-corrected chi connectivity index (χ3v) is 11.1. The zero-order valence-corrected chi connectivity index (χ0v) is 31.4. The zero-order chi connectivity index (χ0) is 37.1. The van der Waals surface area contributed by atoms with Crippen LogP contribution in [0.4, 0.5) is 9.59 Å². The Morgan fingerprint density at radius 3 is 2.04 bits per heavy atom. The van der Waals surface area contributed by atoms with E-state index in [0.717, 1.165) is 4.31 Å². The van der Waals surface area contributed by atoms with Crippen molar-refractivity contribution in [1.29, 1.82) is 0 Å². The Morgan fingerprint density at radius 1 is 0.920 bits per heavy atom. The second-order valence-electron chi connectivity index (χ2n) is 14.6. The van der Waals surface area contributed by atoms with Crippen LogP contribution in [0.2, 0.25) is 0 Å². The second-order valence-corrected chi connectivity index (χ2v) is 18.1. The highest BCUT2D eigenvalue weighted by Crippen LogP contribution is 2.42. The van der Waals surface area contributed by atoms with Crippen LogP contribution in [0.1, 0.15) is 61.0 Å². The van der Waals surface area contributed by atoms with Gasteiger partial charge in [-0.25, -0.2) is 22.8 Å². The molecule has 16 heteroatoms. The van der Waals surface area contributed by atoms with Crippen molar-refractivity contribution < 1.29 is 41.8 Å². The quantitative estimate of drug-likeness (QED) is 0.390. The van der Waals surface area contributed by atoms with E-state index in [2.05, 4.69) is 10.3 Å². The van der Waals surface area contributed by atoms with Crippen molar-refractivity contribution in [3.63, 3.8) is 0 Å². The SMILES string of the molecule is CC(C)(C)OC(=O)[C@H](Cc1ccc(OC(=O)N2CCN(C(=O)OC(C)(C)C)CC2)cc1)NC(=O)[C@H]1N(S(=O)(=O)c2cccnc2)CSC1(C)C. The molecule has 0 aliphatic carbocycles. The lowest BCUT2D eigenvalue weighted by Crippen LogP contribution is -2.57. The van der Waals surface area contributed by atoms with Gasteiger partial charge in [0.15, 0.2) is 0 Å². The van der Waals surface area contributed by atoms with Crippen LogP contribution in [0.15, 0.2) is 53.7 Å². The number of carbonyl (C=O) groups is 4. The van der Waals surface area contributed by atoms with E-state index in [9.17, 15) is 27.6 Å². The summed E-state index contributed by atoms with van der Waals surface area (Å²) in [6, 6.07) is 7.15. The number of nitrogens with one attached hydrogen (secondary N) is 1. The van der Waals surface area contributed by atoms with Crippen molar-refractivity contribution in [2.45, 2.75) is 94.7 Å². The third kappa shape index (κ3) is 10.1. The van der Waals surface area contributed by atoms with Crippen LogP contribution in [-0.4, -0.2) is 112 Å². The number of rotatable bonds is 8. The van der Waals surface area contributed by atoms with Gasteiger partial charge in [0.25, 0.3) is 0 Å². The molecule has 2 aliphatic rings. The Hall–Kier alpha value is -3.89. The van der Waals surface area contributed by atoms with Crippen LogP contribution >= 0.6 is 11.8 Å². The zero-order valence-electron chi connectivity index (χ0n) is 29.8. The maximum Gasteiger partial charge on any atom is 0.415 e. The lowest BCUT2D eigenvalue weighted by molar-refractivity contribution is -0.158. The summed E-state index contributed by atoms with van der Waals surface area (Å²) in [5, 5.41) is 2.78. The Bertz CT molecular complexity index is 1650. The first-order chi connectivity index (χ1) is 23.2. The van der Waals surface area contributed by atoms with Gasteiger partial charge in [0.1, 0.15) is 33.9 Å². The lowest BCUT2D eigenvalue weighted by atomic mass is 10.0. The average Bonchev–Trinajstić information content (AvgIpc) is 3.36. The molecular weight excluding hydrogens is 687 g/mol. The van der Waals surface area contributed by atoms with E-state index >= 15 is 0 Å². The van der Waals surface area contributed by atoms with E-state index in [1.807, 2.05) is 0 Å². The minimum Gasteiger partial charge on any atom is -0.458 e. The number of nitrogens with zero attached hydrogens (tertiary/aromatic N) is 4. The number of ether oxygens (including phenoxy) is 3. The van der Waals surface area contributed by atoms with Gasteiger partial charge in [-0.3, -0.25) is 9.78 Å². The fourth-order valence-electron chi connectivity index (χ4n) is 5.33. The van der Waals surface area contributed by atoms with E-state index < -0.39 is 62.1 Å². The number of hydrogen-bond acceptors (Lipinski definition) is 11. The molecule has 0 unspecified atom stereocenters. The number of amides is 3. The first-order valence-corrected chi connectivity index (χ1v) is 18.7. The monoisotopic (exact) mass is 733 g/mol. The summed E-state index contributed by atoms with van der Waals surface area (Å²) in [5.41, 5.74) is -0.837. The standard InChI is InChI=1S/C34H47N5O9S2/c1-32(2,3)47-29(41)26(36-28(40)27-34(7,8)49-22-39(27)50(44,45)25-10-9-15-35-21-25)20-23-11-13-24(14-12-23)46-30(42)37-16-18-38(19-17-37)31(43)48-33(4,5)6/h9-15,21,26-27H,16-20,22H2,1-8H3,(H,36,40)/t26-,27+/m0/s1. The molecule has 50 heavy (non-hydrogen) atoms. The maximum absolute atomic E-state index is 13.9. The minimum atomic E-state index is -4.08. The predicted octanol–water partition coefficient (Wildman–Crippen LogP) is 4.04. The van der Waals surface area contributed by atoms with Crippen molar-refractivity contribution in [2.75, 3.05) is 32.1 Å². The Labute approximate surface area is 298 Å². The number of carbonyl (C=O) groups excluding carboxylic acids is 4. The van der Waals surface area contributed by atoms with Crippen molar-refractivity contribution >= 4 is 45.8 Å². The fourth-order valence-corrected chi connectivity index (χ4v) is 8.46. The number of esters is 1. The molecule has 1 aromatic heterocycles. The van der Waals surface area contributed by atoms with E-state index in [-0.39, 0.29) is 36.0 Å². The van der Waals surface area contributed by atoms with Crippen LogP contribution in [0.25, 0.3) is 0 Å². The van der Waals surface area contributed by atoms with Gasteiger partial charge in [0.05, 0.1) is 5.88 Å². The maximum atomic E-state index is 13.9. The summed E-state index contributed by atoms with van der Waals surface area (Å²) >= 11 is 1.32. The molecule has 0 spiro atoms. The first kappa shape index (κ1) is 38.9. The summed E-state index contributed by atoms with van der Waals surface area (Å²) in [7, 11) is -4.08. The topological polar surface area (TPSA) is 165 Å². The number of pyridine rings is 1. The summed E-state index contributed by atoms with van der Waals surface area (Å²) < 4.78 is 44.1. The molecule has 2 fully saturated rings. The van der Waals surface area contributed by atoms with Crippen LogP contribution < -0.4 is 10.1 Å². The van der Waals surface area contributed by atoms with Crippen molar-refractivity contribution in [1.82, 2.24) is 24.4 Å². The number of thioether (sulfide) groups is 1. The smallest absolute Gasteiger partial charge is 0.415 e. The molecule has 14 nitrogen and oxygen atoms in total. The number of piperazine rings is 1. The third-order valence-electron chi connectivity index (χ3n) is 7.77. The molecular formula is C34H47N5O9S2. The van der Waals surface area contributed by atoms with Crippen molar-refractivity contribution in [2.24, 2.45) is 0 Å². The summed E-state index contributed by atoms with van der Waals surface area (Å²) in [6.45, 7) is 15.3. The highest BCUT2D eigenvalue weighted by atomic mass is 32.2. The van der Waals surface area contributed by atoms with Gasteiger partial charge in [0, 0.05) is 49.7 Å². The molecule has 3 heterocycles. The number of hydrogen-bond donors (Lipinski definition) is 1. The van der Waals surface area contributed by atoms with Gasteiger partial charge >= 0.3 is 18.2 Å². The molecule has 274 valence electrons. The molecule has 4 rings (SSSR count). The van der Waals surface area contributed by atoms with Gasteiger partial charge in [0.2, 0.25) is 15.9 Å².